The number of fused-ring (bicyclic) bond motifs is 1. The van der Waals surface area contributed by atoms with E-state index in [9.17, 15) is 19.1 Å². The maximum atomic E-state index is 12.8. The Morgan fingerprint density at radius 3 is 2.50 bits per heavy atom. The molecule has 1 aliphatic heterocycles. The summed E-state index contributed by atoms with van der Waals surface area (Å²) in [5.41, 5.74) is 1.96. The summed E-state index contributed by atoms with van der Waals surface area (Å²) in [6.07, 6.45) is 0.983. The summed E-state index contributed by atoms with van der Waals surface area (Å²) in [5, 5.41) is 9.48. The molecule has 2 aromatic rings. The first-order valence-electron chi connectivity index (χ1n) is 8.52. The molecule has 1 atom stereocenters. The molecule has 26 heavy (non-hydrogen) atoms. The number of aliphatic carboxylic acids is 1. The second-order valence-corrected chi connectivity index (χ2v) is 6.25. The molecule has 136 valence electrons. The van der Waals surface area contributed by atoms with E-state index < -0.39 is 12.0 Å². The molecule has 0 fully saturated rings. The number of nitrogens with zero attached hydrogens (tertiary/aromatic N) is 1. The van der Waals surface area contributed by atoms with Gasteiger partial charge in [0.1, 0.15) is 17.6 Å². The minimum Gasteiger partial charge on any atom is -0.494 e. The third kappa shape index (κ3) is 4.20. The van der Waals surface area contributed by atoms with Crippen molar-refractivity contribution in [2.75, 3.05) is 6.61 Å². The van der Waals surface area contributed by atoms with Crippen molar-refractivity contribution in [3.8, 4) is 5.75 Å². The van der Waals surface area contributed by atoms with E-state index in [4.69, 9.17) is 4.74 Å². The van der Waals surface area contributed by atoms with Crippen LogP contribution in [0.2, 0.25) is 0 Å². The molecule has 0 bridgehead atoms. The molecular weight excluding hydrogens is 337 g/mol. The van der Waals surface area contributed by atoms with Crippen molar-refractivity contribution in [3.05, 3.63) is 65.5 Å². The quantitative estimate of drug-likeness (QED) is 0.807. The number of hydrogen-bond donors (Lipinski definition) is 1. The van der Waals surface area contributed by atoms with E-state index in [1.807, 2.05) is 24.3 Å². The molecule has 0 radical (unpaired) electrons. The van der Waals surface area contributed by atoms with E-state index in [-0.39, 0.29) is 18.1 Å². The van der Waals surface area contributed by atoms with E-state index in [2.05, 4.69) is 0 Å². The lowest BCUT2D eigenvalue weighted by Crippen LogP contribution is -2.48. The van der Waals surface area contributed by atoms with Crippen LogP contribution >= 0.6 is 0 Å². The topological polar surface area (TPSA) is 66.8 Å². The van der Waals surface area contributed by atoms with Crippen LogP contribution in [0.15, 0.2) is 48.5 Å². The van der Waals surface area contributed by atoms with Crippen molar-refractivity contribution in [2.45, 2.75) is 31.8 Å². The number of amides is 1. The van der Waals surface area contributed by atoms with Gasteiger partial charge in [0.2, 0.25) is 5.91 Å². The molecule has 3 rings (SSSR count). The average Bonchev–Trinajstić information content (AvgIpc) is 2.65. The number of carbonyl (C=O) groups is 2. The van der Waals surface area contributed by atoms with Crippen LogP contribution in [0.1, 0.15) is 24.0 Å². The zero-order chi connectivity index (χ0) is 18.5. The van der Waals surface area contributed by atoms with E-state index in [1.165, 1.54) is 29.2 Å². The van der Waals surface area contributed by atoms with Gasteiger partial charge in [-0.1, -0.05) is 24.3 Å². The second-order valence-electron chi connectivity index (χ2n) is 6.25. The molecule has 0 saturated heterocycles. The van der Waals surface area contributed by atoms with Gasteiger partial charge in [-0.15, -0.1) is 0 Å². The Hall–Kier alpha value is -2.89. The van der Waals surface area contributed by atoms with E-state index in [0.717, 1.165) is 11.1 Å². The predicted octanol–water partition coefficient (Wildman–Crippen LogP) is 3.02. The highest BCUT2D eigenvalue weighted by Crippen LogP contribution is 2.24. The van der Waals surface area contributed by atoms with E-state index in [1.54, 1.807) is 0 Å². The smallest absolute Gasteiger partial charge is 0.326 e. The van der Waals surface area contributed by atoms with Crippen LogP contribution in [0.4, 0.5) is 4.39 Å². The SMILES string of the molecule is O=C(O)C1Cc2ccccc2CN1C(=O)CCCOc1ccc(F)cc1. The molecule has 0 spiro atoms. The standard InChI is InChI=1S/C20H20FNO4/c21-16-7-9-17(10-8-16)26-11-3-6-19(23)22-13-15-5-2-1-4-14(15)12-18(22)20(24)25/h1-2,4-5,7-10,18H,3,6,11-13H2,(H,24,25). The van der Waals surface area contributed by atoms with Crippen molar-refractivity contribution < 1.29 is 23.8 Å². The van der Waals surface area contributed by atoms with Crippen LogP contribution in [0.25, 0.3) is 0 Å². The lowest BCUT2D eigenvalue weighted by atomic mass is 9.93. The van der Waals surface area contributed by atoms with Crippen molar-refractivity contribution in [2.24, 2.45) is 0 Å². The Kier molecular flexibility index (Phi) is 5.51. The fraction of sp³-hybridized carbons (Fsp3) is 0.300. The molecule has 1 aliphatic rings. The maximum Gasteiger partial charge on any atom is 0.326 e. The number of hydrogen-bond acceptors (Lipinski definition) is 3. The lowest BCUT2D eigenvalue weighted by molar-refractivity contribution is -0.151. The average molecular weight is 357 g/mol. The fourth-order valence-electron chi connectivity index (χ4n) is 3.09. The van der Waals surface area contributed by atoms with Crippen molar-refractivity contribution in [1.82, 2.24) is 4.90 Å². The number of carboxylic acids is 1. The third-order valence-electron chi connectivity index (χ3n) is 4.47. The number of ether oxygens (including phenoxy) is 1. The first kappa shape index (κ1) is 17.9. The molecule has 5 nitrogen and oxygen atoms in total. The van der Waals surface area contributed by atoms with Gasteiger partial charge in [-0.2, -0.15) is 0 Å². The number of halogens is 1. The molecule has 1 N–H and O–H groups in total. The Morgan fingerprint density at radius 1 is 1.12 bits per heavy atom. The summed E-state index contributed by atoms with van der Waals surface area (Å²) in [7, 11) is 0. The second kappa shape index (κ2) is 7.99. The lowest BCUT2D eigenvalue weighted by Gasteiger charge is -2.34. The number of benzene rings is 2. The van der Waals surface area contributed by atoms with Crippen LogP contribution in [0, 0.1) is 5.82 Å². The first-order chi connectivity index (χ1) is 12.5. The van der Waals surface area contributed by atoms with Crippen LogP contribution in [-0.4, -0.2) is 34.5 Å². The summed E-state index contributed by atoms with van der Waals surface area (Å²) < 4.78 is 18.3. The molecule has 0 aliphatic carbocycles. The molecular formula is C20H20FNO4. The van der Waals surface area contributed by atoms with Gasteiger partial charge in [0.25, 0.3) is 0 Å². The minimum absolute atomic E-state index is 0.199. The van der Waals surface area contributed by atoms with Gasteiger partial charge in [0.15, 0.2) is 0 Å². The summed E-state index contributed by atoms with van der Waals surface area (Å²) in [5.74, 6) is -0.989. The zero-order valence-corrected chi connectivity index (χ0v) is 14.2. The Labute approximate surface area is 151 Å². The highest BCUT2D eigenvalue weighted by molar-refractivity contribution is 5.84. The monoisotopic (exact) mass is 357 g/mol. The zero-order valence-electron chi connectivity index (χ0n) is 14.2. The predicted molar refractivity (Wildman–Crippen MR) is 93.2 cm³/mol. The maximum absolute atomic E-state index is 12.8. The Bertz CT molecular complexity index is 791. The Morgan fingerprint density at radius 2 is 1.81 bits per heavy atom. The van der Waals surface area contributed by atoms with Crippen LogP contribution < -0.4 is 4.74 Å². The van der Waals surface area contributed by atoms with Crippen molar-refractivity contribution >= 4 is 11.9 Å². The van der Waals surface area contributed by atoms with Crippen molar-refractivity contribution in [1.29, 1.82) is 0 Å². The van der Waals surface area contributed by atoms with Crippen LogP contribution in [-0.2, 0) is 22.6 Å². The Balaban J connectivity index is 1.56. The summed E-state index contributed by atoms with van der Waals surface area (Å²) in [4.78, 5) is 25.5. The minimum atomic E-state index is -0.990. The van der Waals surface area contributed by atoms with Gasteiger partial charge in [-0.05, 0) is 41.8 Å². The molecule has 1 heterocycles. The highest BCUT2D eigenvalue weighted by atomic mass is 19.1. The van der Waals surface area contributed by atoms with Gasteiger partial charge < -0.3 is 14.7 Å². The van der Waals surface area contributed by atoms with Gasteiger partial charge in [-0.25, -0.2) is 9.18 Å². The molecule has 0 aromatic heterocycles. The molecule has 1 amide bonds. The molecule has 2 aromatic carbocycles. The first-order valence-corrected chi connectivity index (χ1v) is 8.52. The van der Waals surface area contributed by atoms with Crippen LogP contribution in [0.5, 0.6) is 5.75 Å². The number of carbonyl (C=O) groups excluding carboxylic acids is 1. The van der Waals surface area contributed by atoms with E-state index in [0.29, 0.717) is 31.7 Å². The summed E-state index contributed by atoms with van der Waals surface area (Å²) in [6, 6.07) is 12.4. The normalized spacial score (nSPS) is 16.0. The summed E-state index contributed by atoms with van der Waals surface area (Å²) in [6.45, 7) is 0.615. The number of rotatable bonds is 6. The highest BCUT2D eigenvalue weighted by Gasteiger charge is 2.33. The van der Waals surface area contributed by atoms with E-state index >= 15 is 0 Å². The largest absolute Gasteiger partial charge is 0.494 e. The molecule has 1 unspecified atom stereocenters. The van der Waals surface area contributed by atoms with Crippen molar-refractivity contribution in [3.63, 3.8) is 0 Å². The molecule has 6 heteroatoms. The van der Waals surface area contributed by atoms with Gasteiger partial charge >= 0.3 is 5.97 Å². The van der Waals surface area contributed by atoms with Gasteiger partial charge in [0, 0.05) is 19.4 Å². The van der Waals surface area contributed by atoms with Crippen LogP contribution in [0.3, 0.4) is 0 Å². The van der Waals surface area contributed by atoms with Gasteiger partial charge in [-0.3, -0.25) is 4.79 Å². The van der Waals surface area contributed by atoms with Gasteiger partial charge in [0.05, 0.1) is 6.61 Å². The number of carboxylic acid groups (broad SMARTS) is 1. The summed E-state index contributed by atoms with van der Waals surface area (Å²) >= 11 is 0. The molecule has 0 saturated carbocycles. The third-order valence-corrected chi connectivity index (χ3v) is 4.47. The fourth-order valence-corrected chi connectivity index (χ4v) is 3.09.